The van der Waals surface area contributed by atoms with Gasteiger partial charge < -0.3 is 10.2 Å². The van der Waals surface area contributed by atoms with E-state index in [0.717, 1.165) is 19.0 Å². The molecule has 1 unspecified atom stereocenters. The van der Waals surface area contributed by atoms with E-state index in [4.69, 9.17) is 0 Å². The number of hydrogen-bond donors (Lipinski definition) is 1. The van der Waals surface area contributed by atoms with Crippen molar-refractivity contribution in [3.63, 3.8) is 0 Å². The molecule has 1 N–H and O–H groups in total. The summed E-state index contributed by atoms with van der Waals surface area (Å²) < 4.78 is 0. The van der Waals surface area contributed by atoms with Crippen LogP contribution in [0, 0.1) is 5.92 Å². The number of benzene rings is 1. The summed E-state index contributed by atoms with van der Waals surface area (Å²) in [5.74, 6) is 0.775. The molecule has 1 atom stereocenters. The number of fused-ring (bicyclic) bond motifs is 1. The predicted molar refractivity (Wildman–Crippen MR) is 86.5 cm³/mol. The van der Waals surface area contributed by atoms with Crippen molar-refractivity contribution in [2.45, 2.75) is 52.0 Å². The van der Waals surface area contributed by atoms with Gasteiger partial charge in [0.2, 0.25) is 0 Å². The molecule has 1 aliphatic heterocycles. The second-order valence-electron chi connectivity index (χ2n) is 6.85. The number of hydrogen-bond acceptors (Lipinski definition) is 2. The number of rotatable bonds is 3. The van der Waals surface area contributed by atoms with E-state index in [0.29, 0.717) is 6.04 Å². The molecule has 1 heterocycles. The Balaban J connectivity index is 1.78. The fraction of sp³-hybridized carbons (Fsp3) is 0.667. The Morgan fingerprint density at radius 2 is 2.10 bits per heavy atom. The Hall–Kier alpha value is -1.02. The maximum Gasteiger partial charge on any atom is 0.0402 e. The van der Waals surface area contributed by atoms with E-state index in [1.165, 1.54) is 44.3 Å². The van der Waals surface area contributed by atoms with Crippen LogP contribution in [0.3, 0.4) is 0 Å². The summed E-state index contributed by atoms with van der Waals surface area (Å²) in [5.41, 5.74) is 4.77. The highest BCUT2D eigenvalue weighted by molar-refractivity contribution is 5.58. The molecule has 0 radical (unpaired) electrons. The Morgan fingerprint density at radius 1 is 1.25 bits per heavy atom. The molecule has 3 rings (SSSR count). The van der Waals surface area contributed by atoms with Gasteiger partial charge in [0.25, 0.3) is 0 Å². The third-order valence-corrected chi connectivity index (χ3v) is 4.72. The van der Waals surface area contributed by atoms with Crippen LogP contribution < -0.4 is 10.2 Å². The lowest BCUT2D eigenvalue weighted by molar-refractivity contribution is 0.387. The van der Waals surface area contributed by atoms with Crippen LogP contribution in [0.5, 0.6) is 0 Å². The standard InChI is InChI=1S/C18H28N2/c1-14(2)12-16-13-20(11-10-19-16)18-9-5-7-15-6-3-4-8-17(15)18/h5,7,9,14,16,19H,3-4,6,8,10-13H2,1-2H3. The quantitative estimate of drug-likeness (QED) is 0.907. The number of anilines is 1. The zero-order valence-electron chi connectivity index (χ0n) is 13.0. The SMILES string of the molecule is CC(C)CC1CN(c2cccc3c2CCCC3)CCN1. The highest BCUT2D eigenvalue weighted by Crippen LogP contribution is 2.31. The first-order chi connectivity index (χ1) is 9.74. The summed E-state index contributed by atoms with van der Waals surface area (Å²) in [4.78, 5) is 2.63. The van der Waals surface area contributed by atoms with Crippen molar-refractivity contribution in [1.29, 1.82) is 0 Å². The summed E-state index contributed by atoms with van der Waals surface area (Å²) in [5, 5.41) is 3.69. The molecule has 1 aliphatic carbocycles. The van der Waals surface area contributed by atoms with Gasteiger partial charge in [-0.3, -0.25) is 0 Å². The molecule has 0 saturated carbocycles. The molecule has 20 heavy (non-hydrogen) atoms. The molecule has 1 aromatic rings. The van der Waals surface area contributed by atoms with E-state index in [1.54, 1.807) is 11.1 Å². The third kappa shape index (κ3) is 3.01. The fourth-order valence-corrected chi connectivity index (χ4v) is 3.83. The van der Waals surface area contributed by atoms with Crippen molar-refractivity contribution >= 4 is 5.69 Å². The van der Waals surface area contributed by atoms with Crippen molar-refractivity contribution in [2.75, 3.05) is 24.5 Å². The van der Waals surface area contributed by atoms with Crippen LogP contribution in [-0.2, 0) is 12.8 Å². The van der Waals surface area contributed by atoms with E-state index >= 15 is 0 Å². The minimum Gasteiger partial charge on any atom is -0.368 e. The molecule has 1 fully saturated rings. The largest absolute Gasteiger partial charge is 0.368 e. The molecule has 2 nitrogen and oxygen atoms in total. The summed E-state index contributed by atoms with van der Waals surface area (Å²) in [7, 11) is 0. The number of nitrogens with one attached hydrogen (secondary N) is 1. The average Bonchev–Trinajstić information content (AvgIpc) is 2.46. The minimum atomic E-state index is 0.656. The number of aryl methyl sites for hydroxylation is 1. The molecule has 0 spiro atoms. The molecule has 0 bridgehead atoms. The zero-order valence-corrected chi connectivity index (χ0v) is 13.0. The van der Waals surface area contributed by atoms with Gasteiger partial charge in [-0.2, -0.15) is 0 Å². The summed E-state index contributed by atoms with van der Waals surface area (Å²) in [6, 6.07) is 7.61. The lowest BCUT2D eigenvalue weighted by Crippen LogP contribution is -2.51. The maximum atomic E-state index is 3.69. The Bertz CT molecular complexity index is 453. The lowest BCUT2D eigenvalue weighted by Gasteiger charge is -2.38. The van der Waals surface area contributed by atoms with Crippen molar-refractivity contribution < 1.29 is 0 Å². The van der Waals surface area contributed by atoms with Crippen LogP contribution in [-0.4, -0.2) is 25.7 Å². The van der Waals surface area contributed by atoms with Crippen molar-refractivity contribution in [3.8, 4) is 0 Å². The average molecular weight is 272 g/mol. The molecular formula is C18H28N2. The summed E-state index contributed by atoms with van der Waals surface area (Å²) in [6.07, 6.45) is 6.58. The van der Waals surface area contributed by atoms with E-state index in [2.05, 4.69) is 42.3 Å². The van der Waals surface area contributed by atoms with Crippen LogP contribution >= 0.6 is 0 Å². The van der Waals surface area contributed by atoms with Gasteiger partial charge >= 0.3 is 0 Å². The van der Waals surface area contributed by atoms with Gasteiger partial charge in [-0.25, -0.2) is 0 Å². The smallest absolute Gasteiger partial charge is 0.0402 e. The molecule has 2 aliphatic rings. The maximum absolute atomic E-state index is 3.69. The van der Waals surface area contributed by atoms with Crippen LogP contribution in [0.25, 0.3) is 0 Å². The van der Waals surface area contributed by atoms with Gasteiger partial charge in [0.1, 0.15) is 0 Å². The lowest BCUT2D eigenvalue weighted by atomic mass is 9.89. The topological polar surface area (TPSA) is 15.3 Å². The summed E-state index contributed by atoms with van der Waals surface area (Å²) >= 11 is 0. The van der Waals surface area contributed by atoms with Gasteiger partial charge in [-0.15, -0.1) is 0 Å². The molecule has 110 valence electrons. The van der Waals surface area contributed by atoms with Gasteiger partial charge in [-0.1, -0.05) is 26.0 Å². The number of nitrogens with zero attached hydrogens (tertiary/aromatic N) is 1. The monoisotopic (exact) mass is 272 g/mol. The zero-order chi connectivity index (χ0) is 13.9. The molecule has 1 saturated heterocycles. The van der Waals surface area contributed by atoms with Crippen molar-refractivity contribution in [1.82, 2.24) is 5.32 Å². The van der Waals surface area contributed by atoms with Gasteiger partial charge in [-0.05, 0) is 55.2 Å². The van der Waals surface area contributed by atoms with Gasteiger partial charge in [0, 0.05) is 31.4 Å². The fourth-order valence-electron chi connectivity index (χ4n) is 3.83. The van der Waals surface area contributed by atoms with Crippen molar-refractivity contribution in [2.24, 2.45) is 5.92 Å². The second-order valence-corrected chi connectivity index (χ2v) is 6.85. The van der Waals surface area contributed by atoms with Crippen LogP contribution in [0.2, 0.25) is 0 Å². The van der Waals surface area contributed by atoms with Gasteiger partial charge in [0.05, 0.1) is 0 Å². The van der Waals surface area contributed by atoms with E-state index < -0.39 is 0 Å². The summed E-state index contributed by atoms with van der Waals surface area (Å²) in [6.45, 7) is 8.11. The third-order valence-electron chi connectivity index (χ3n) is 4.72. The predicted octanol–water partition coefficient (Wildman–Crippen LogP) is 3.39. The Kier molecular flexibility index (Phi) is 4.30. The molecule has 0 amide bonds. The van der Waals surface area contributed by atoms with E-state index in [-0.39, 0.29) is 0 Å². The van der Waals surface area contributed by atoms with Crippen LogP contribution in [0.4, 0.5) is 5.69 Å². The van der Waals surface area contributed by atoms with Gasteiger partial charge in [0.15, 0.2) is 0 Å². The highest BCUT2D eigenvalue weighted by Gasteiger charge is 2.23. The van der Waals surface area contributed by atoms with Crippen LogP contribution in [0.15, 0.2) is 18.2 Å². The van der Waals surface area contributed by atoms with Crippen molar-refractivity contribution in [3.05, 3.63) is 29.3 Å². The first-order valence-electron chi connectivity index (χ1n) is 8.33. The minimum absolute atomic E-state index is 0.656. The highest BCUT2D eigenvalue weighted by atomic mass is 15.2. The molecule has 1 aromatic carbocycles. The Morgan fingerprint density at radius 3 is 2.95 bits per heavy atom. The van der Waals surface area contributed by atoms with E-state index in [9.17, 15) is 0 Å². The molecule has 2 heteroatoms. The second kappa shape index (κ2) is 6.17. The normalized spacial score (nSPS) is 22.9. The first kappa shape index (κ1) is 13.9. The van der Waals surface area contributed by atoms with Crippen LogP contribution in [0.1, 0.15) is 44.2 Å². The Labute approximate surface area is 123 Å². The molecular weight excluding hydrogens is 244 g/mol. The number of piperazine rings is 1. The molecule has 0 aromatic heterocycles. The first-order valence-corrected chi connectivity index (χ1v) is 8.33. The van der Waals surface area contributed by atoms with E-state index in [1.807, 2.05) is 0 Å².